The molecular weight excluding hydrogens is 362 g/mol. The number of para-hydroxylation sites is 1. The zero-order chi connectivity index (χ0) is 19.8. The second-order valence-corrected chi connectivity index (χ2v) is 8.42. The van der Waals surface area contributed by atoms with E-state index >= 15 is 0 Å². The Morgan fingerprint density at radius 3 is 2.79 bits per heavy atom. The number of fused-ring (bicyclic) bond motifs is 1. The Kier molecular flexibility index (Phi) is 4.49. The van der Waals surface area contributed by atoms with Crippen LogP contribution in [0.25, 0.3) is 10.9 Å². The van der Waals surface area contributed by atoms with E-state index in [4.69, 9.17) is 0 Å². The minimum absolute atomic E-state index is 0.0402. The van der Waals surface area contributed by atoms with Crippen LogP contribution in [0, 0.1) is 6.92 Å². The summed E-state index contributed by atoms with van der Waals surface area (Å²) in [6.45, 7) is 4.49. The van der Waals surface area contributed by atoms with Crippen LogP contribution >= 0.6 is 0 Å². The predicted molar refractivity (Wildman–Crippen MR) is 114 cm³/mol. The lowest BCUT2D eigenvalue weighted by atomic mass is 9.78. The molecule has 1 N–H and O–H groups in total. The minimum Gasteiger partial charge on any atom is -0.361 e. The van der Waals surface area contributed by atoms with Crippen LogP contribution < -0.4 is 4.90 Å². The highest BCUT2D eigenvalue weighted by Crippen LogP contribution is 2.40. The number of aromatic nitrogens is 3. The first-order valence-corrected chi connectivity index (χ1v) is 10.5. The minimum atomic E-state index is -0.0402. The molecule has 4 heterocycles. The molecule has 2 saturated heterocycles. The number of benzene rings is 1. The number of likely N-dealkylation sites (tertiary alicyclic amines) is 1. The number of carbonyl (C=O) groups is 1. The molecule has 1 spiro atoms. The zero-order valence-corrected chi connectivity index (χ0v) is 16.9. The van der Waals surface area contributed by atoms with Gasteiger partial charge in [-0.3, -0.25) is 9.78 Å². The molecule has 5 rings (SSSR count). The SMILES string of the molecule is Cc1cncc(N2CCC3(CCCC(=O)N3Cc3c[nH]c4ccccc34)CC2)n1. The Morgan fingerprint density at radius 1 is 1.14 bits per heavy atom. The lowest BCUT2D eigenvalue weighted by Gasteiger charge is -2.51. The smallest absolute Gasteiger partial charge is 0.223 e. The molecule has 29 heavy (non-hydrogen) atoms. The van der Waals surface area contributed by atoms with E-state index < -0.39 is 0 Å². The van der Waals surface area contributed by atoms with Crippen molar-refractivity contribution in [3.05, 3.63) is 54.1 Å². The van der Waals surface area contributed by atoms with Gasteiger partial charge in [0, 0.05) is 54.9 Å². The first-order valence-electron chi connectivity index (χ1n) is 10.5. The molecule has 2 aliphatic rings. The van der Waals surface area contributed by atoms with Crippen LogP contribution in [0.4, 0.5) is 5.82 Å². The van der Waals surface area contributed by atoms with Gasteiger partial charge in [-0.05, 0) is 44.2 Å². The number of aryl methyl sites for hydroxylation is 1. The number of carbonyl (C=O) groups excluding carboxylic acids is 1. The topological polar surface area (TPSA) is 65.1 Å². The van der Waals surface area contributed by atoms with Gasteiger partial charge in [-0.2, -0.15) is 0 Å². The molecular formula is C23H27N5O. The molecule has 6 heteroatoms. The first kappa shape index (κ1) is 18.2. The van der Waals surface area contributed by atoms with E-state index in [1.54, 1.807) is 6.20 Å². The summed E-state index contributed by atoms with van der Waals surface area (Å²) in [6, 6.07) is 8.34. The van der Waals surface area contributed by atoms with Gasteiger partial charge in [0.05, 0.1) is 11.9 Å². The summed E-state index contributed by atoms with van der Waals surface area (Å²) in [5.41, 5.74) is 3.24. The van der Waals surface area contributed by atoms with Gasteiger partial charge in [0.2, 0.25) is 5.91 Å². The summed E-state index contributed by atoms with van der Waals surface area (Å²) in [5, 5.41) is 1.22. The molecule has 0 bridgehead atoms. The van der Waals surface area contributed by atoms with Crippen LogP contribution in [0.5, 0.6) is 0 Å². The van der Waals surface area contributed by atoms with Crippen molar-refractivity contribution >= 4 is 22.6 Å². The summed E-state index contributed by atoms with van der Waals surface area (Å²) in [5.74, 6) is 1.25. The molecule has 6 nitrogen and oxygen atoms in total. The highest BCUT2D eigenvalue weighted by atomic mass is 16.2. The maximum absolute atomic E-state index is 13.0. The van der Waals surface area contributed by atoms with Crippen molar-refractivity contribution in [2.24, 2.45) is 0 Å². The summed E-state index contributed by atoms with van der Waals surface area (Å²) in [4.78, 5) is 29.8. The van der Waals surface area contributed by atoms with Gasteiger partial charge in [-0.1, -0.05) is 18.2 Å². The van der Waals surface area contributed by atoms with Crippen LogP contribution in [0.1, 0.15) is 43.4 Å². The Hall–Kier alpha value is -2.89. The fraction of sp³-hybridized carbons (Fsp3) is 0.435. The molecule has 3 aromatic rings. The molecule has 1 amide bonds. The number of nitrogens with one attached hydrogen (secondary N) is 1. The van der Waals surface area contributed by atoms with Gasteiger partial charge in [0.1, 0.15) is 5.82 Å². The third-order valence-electron chi connectivity index (χ3n) is 6.67. The lowest BCUT2D eigenvalue weighted by molar-refractivity contribution is -0.144. The van der Waals surface area contributed by atoms with E-state index in [0.29, 0.717) is 18.9 Å². The van der Waals surface area contributed by atoms with Crippen LogP contribution in [-0.2, 0) is 11.3 Å². The van der Waals surface area contributed by atoms with Crippen molar-refractivity contribution in [1.82, 2.24) is 19.9 Å². The van der Waals surface area contributed by atoms with Crippen molar-refractivity contribution < 1.29 is 4.79 Å². The number of anilines is 1. The Balaban J connectivity index is 1.39. The molecule has 0 unspecified atom stereocenters. The van der Waals surface area contributed by atoms with Crippen LogP contribution in [0.15, 0.2) is 42.9 Å². The van der Waals surface area contributed by atoms with Gasteiger partial charge in [-0.25, -0.2) is 4.98 Å². The van der Waals surface area contributed by atoms with E-state index in [1.807, 2.05) is 19.2 Å². The van der Waals surface area contributed by atoms with E-state index in [9.17, 15) is 4.79 Å². The number of hydrogen-bond donors (Lipinski definition) is 1. The Labute approximate surface area is 171 Å². The average Bonchev–Trinajstić information content (AvgIpc) is 3.15. The van der Waals surface area contributed by atoms with Crippen LogP contribution in [-0.4, -0.2) is 44.4 Å². The quantitative estimate of drug-likeness (QED) is 0.740. The van der Waals surface area contributed by atoms with E-state index in [0.717, 1.165) is 55.8 Å². The monoisotopic (exact) mass is 389 g/mol. The zero-order valence-electron chi connectivity index (χ0n) is 16.9. The third-order valence-corrected chi connectivity index (χ3v) is 6.67. The summed E-state index contributed by atoms with van der Waals surface area (Å²) < 4.78 is 0. The van der Waals surface area contributed by atoms with Crippen molar-refractivity contribution in [3.8, 4) is 0 Å². The molecule has 0 saturated carbocycles. The molecule has 0 radical (unpaired) electrons. The number of H-pyrrole nitrogens is 1. The fourth-order valence-electron chi connectivity index (χ4n) is 5.07. The number of rotatable bonds is 3. The molecule has 2 aliphatic heterocycles. The molecule has 2 aromatic heterocycles. The lowest BCUT2D eigenvalue weighted by Crippen LogP contribution is -2.59. The predicted octanol–water partition coefficient (Wildman–Crippen LogP) is 3.82. The second-order valence-electron chi connectivity index (χ2n) is 8.42. The highest BCUT2D eigenvalue weighted by molar-refractivity contribution is 5.84. The Morgan fingerprint density at radius 2 is 1.97 bits per heavy atom. The molecule has 2 fully saturated rings. The molecule has 0 atom stereocenters. The van der Waals surface area contributed by atoms with E-state index in [-0.39, 0.29) is 5.54 Å². The maximum Gasteiger partial charge on any atom is 0.223 e. The fourth-order valence-corrected chi connectivity index (χ4v) is 5.07. The number of hydrogen-bond acceptors (Lipinski definition) is 4. The number of aromatic amines is 1. The van der Waals surface area contributed by atoms with Gasteiger partial charge < -0.3 is 14.8 Å². The molecule has 0 aliphatic carbocycles. The molecule has 150 valence electrons. The number of nitrogens with zero attached hydrogens (tertiary/aromatic N) is 4. The normalized spacial score (nSPS) is 19.3. The van der Waals surface area contributed by atoms with Crippen LogP contribution in [0.2, 0.25) is 0 Å². The standard InChI is InChI=1S/C23H27N5O/c1-17-13-24-15-21(26-17)27-11-9-23(10-12-27)8-4-7-22(29)28(23)16-18-14-25-20-6-3-2-5-19(18)20/h2-3,5-6,13-15,25H,4,7-12,16H2,1H3. The third kappa shape index (κ3) is 3.26. The summed E-state index contributed by atoms with van der Waals surface area (Å²) in [7, 11) is 0. The van der Waals surface area contributed by atoms with Gasteiger partial charge >= 0.3 is 0 Å². The van der Waals surface area contributed by atoms with Gasteiger partial charge in [-0.15, -0.1) is 0 Å². The van der Waals surface area contributed by atoms with Gasteiger partial charge in [0.15, 0.2) is 0 Å². The van der Waals surface area contributed by atoms with E-state index in [2.05, 4.69) is 49.1 Å². The number of piperidine rings is 2. The largest absolute Gasteiger partial charge is 0.361 e. The summed E-state index contributed by atoms with van der Waals surface area (Å²) >= 11 is 0. The first-order chi connectivity index (χ1) is 14.1. The van der Waals surface area contributed by atoms with Crippen LogP contribution in [0.3, 0.4) is 0 Å². The highest BCUT2D eigenvalue weighted by Gasteiger charge is 2.44. The number of amides is 1. The maximum atomic E-state index is 13.0. The Bertz CT molecular complexity index is 1030. The van der Waals surface area contributed by atoms with E-state index in [1.165, 1.54) is 10.9 Å². The van der Waals surface area contributed by atoms with Crippen molar-refractivity contribution in [1.29, 1.82) is 0 Å². The summed E-state index contributed by atoms with van der Waals surface area (Å²) in [6.07, 6.45) is 10.4. The van der Waals surface area contributed by atoms with Crippen molar-refractivity contribution in [2.75, 3.05) is 18.0 Å². The molecule has 1 aromatic carbocycles. The van der Waals surface area contributed by atoms with Crippen molar-refractivity contribution in [3.63, 3.8) is 0 Å². The van der Waals surface area contributed by atoms with Gasteiger partial charge in [0.25, 0.3) is 0 Å². The van der Waals surface area contributed by atoms with Crippen molar-refractivity contribution in [2.45, 2.75) is 51.1 Å². The average molecular weight is 390 g/mol. The second kappa shape index (κ2) is 7.17.